The molecule has 0 unspecified atom stereocenters. The fourth-order valence-corrected chi connectivity index (χ4v) is 10.0. The predicted octanol–water partition coefficient (Wildman–Crippen LogP) is 23.8. The summed E-state index contributed by atoms with van der Waals surface area (Å²) in [6, 6.07) is 0. The highest BCUT2D eigenvalue weighted by Gasteiger charge is 2.05. The van der Waals surface area contributed by atoms with E-state index in [9.17, 15) is 9.59 Å². The number of hydrogen-bond donors (Lipinski definition) is 0. The van der Waals surface area contributed by atoms with Gasteiger partial charge in [-0.15, -0.1) is 0 Å². The fraction of sp³-hybridized carbons (Fsp3) is 0.970. The Morgan fingerprint density at radius 1 is 0.186 bits per heavy atom. The van der Waals surface area contributed by atoms with Crippen molar-refractivity contribution in [2.75, 3.05) is 13.2 Å². The summed E-state index contributed by atoms with van der Waals surface area (Å²) in [6.45, 7) is 10.4. The Balaban J connectivity index is 0. The van der Waals surface area contributed by atoms with Gasteiger partial charge in [-0.05, 0) is 25.7 Å². The van der Waals surface area contributed by atoms with Gasteiger partial charge in [-0.3, -0.25) is 9.59 Å². The lowest BCUT2D eigenvalue weighted by Gasteiger charge is -2.06. The summed E-state index contributed by atoms with van der Waals surface area (Å²) < 4.78 is 10.8. The molecule has 0 aromatic carbocycles. The van der Waals surface area contributed by atoms with Crippen LogP contribution >= 0.6 is 0 Å². The van der Waals surface area contributed by atoms with Crippen LogP contribution in [0.3, 0.4) is 0 Å². The molecule has 0 spiro atoms. The summed E-state index contributed by atoms with van der Waals surface area (Å²) in [6.07, 6.45) is 77.3. The fourth-order valence-electron chi connectivity index (χ4n) is 10.0. The highest BCUT2D eigenvalue weighted by molar-refractivity contribution is 5.69. The smallest absolute Gasteiger partial charge is 0.305 e. The van der Waals surface area contributed by atoms with Crippen molar-refractivity contribution in [2.24, 2.45) is 0 Å². The molecule has 0 aromatic rings. The van der Waals surface area contributed by atoms with Crippen molar-refractivity contribution in [2.45, 2.75) is 400 Å². The molecule has 0 amide bonds. The lowest BCUT2D eigenvalue weighted by Crippen LogP contribution is -2.05. The number of esters is 2. The second-order valence-electron chi connectivity index (χ2n) is 22.3. The molecule has 0 atom stereocenters. The Hall–Kier alpha value is -1.06. The first-order chi connectivity index (χ1) is 34.6. The van der Waals surface area contributed by atoms with Crippen LogP contribution in [0, 0.1) is 0 Å². The molecule has 4 heteroatoms. The second-order valence-corrected chi connectivity index (χ2v) is 22.3. The van der Waals surface area contributed by atoms with Gasteiger partial charge < -0.3 is 9.47 Å². The van der Waals surface area contributed by atoms with Crippen molar-refractivity contribution in [3.8, 4) is 0 Å². The van der Waals surface area contributed by atoms with E-state index in [1.54, 1.807) is 0 Å². The number of unbranched alkanes of at least 4 members (excludes halogenated alkanes) is 52. The minimum atomic E-state index is 0.0257. The monoisotopic (exact) mass is 989 g/mol. The van der Waals surface area contributed by atoms with Gasteiger partial charge in [0, 0.05) is 12.8 Å². The van der Waals surface area contributed by atoms with E-state index < -0.39 is 0 Å². The van der Waals surface area contributed by atoms with Gasteiger partial charge in [-0.25, -0.2) is 0 Å². The summed E-state index contributed by atoms with van der Waals surface area (Å²) in [5.41, 5.74) is 0. The van der Waals surface area contributed by atoms with Gasteiger partial charge in [0.05, 0.1) is 13.2 Å². The SMILES string of the molecule is CCCCCCCCCCCCCCCCCCOC(=O)CCCCCCCCCCCCCCC.CCCCCCCCCCCCCCCCOC(=O)CCCCCCCCCCCCCCC. The van der Waals surface area contributed by atoms with Gasteiger partial charge in [-0.2, -0.15) is 0 Å². The van der Waals surface area contributed by atoms with Gasteiger partial charge in [0.2, 0.25) is 0 Å². The van der Waals surface area contributed by atoms with E-state index in [2.05, 4.69) is 27.7 Å². The van der Waals surface area contributed by atoms with Gasteiger partial charge >= 0.3 is 11.9 Å². The van der Waals surface area contributed by atoms with E-state index in [0.29, 0.717) is 26.1 Å². The standard InChI is InChI=1S/C34H68O2.C32H64O2/c1-3-5-7-9-11-13-15-17-18-19-21-23-25-27-29-31-33-36-34(35)32-30-28-26-24-22-20-16-14-12-10-8-6-4-2;1-3-5-7-9-11-13-15-17-19-21-23-25-27-29-31-34-32(33)30-28-26-24-22-20-18-16-14-12-10-8-6-4-2/h3-33H2,1-2H3;3-31H2,1-2H3. The van der Waals surface area contributed by atoms with Gasteiger partial charge in [-0.1, -0.05) is 362 Å². The molecular formula is C66H132O4. The highest BCUT2D eigenvalue weighted by atomic mass is 16.5. The normalized spacial score (nSPS) is 11.3. The second kappa shape index (κ2) is 67.9. The van der Waals surface area contributed by atoms with Gasteiger partial charge in [0.1, 0.15) is 0 Å². The number of carbonyl (C=O) groups excluding carboxylic acids is 2. The van der Waals surface area contributed by atoms with Crippen molar-refractivity contribution in [1.29, 1.82) is 0 Å². The molecule has 0 aliphatic heterocycles. The third-order valence-electron chi connectivity index (χ3n) is 15.0. The van der Waals surface area contributed by atoms with Gasteiger partial charge in [0.15, 0.2) is 0 Å². The third kappa shape index (κ3) is 69.0. The maximum atomic E-state index is 11.9. The van der Waals surface area contributed by atoms with Crippen LogP contribution in [-0.2, 0) is 19.1 Å². The highest BCUT2D eigenvalue weighted by Crippen LogP contribution is 2.18. The van der Waals surface area contributed by atoms with Crippen molar-refractivity contribution in [3.63, 3.8) is 0 Å². The molecule has 0 bridgehead atoms. The lowest BCUT2D eigenvalue weighted by atomic mass is 10.0. The van der Waals surface area contributed by atoms with Crippen LogP contribution in [0.25, 0.3) is 0 Å². The molecule has 420 valence electrons. The Morgan fingerprint density at radius 3 is 0.471 bits per heavy atom. The molecule has 70 heavy (non-hydrogen) atoms. The summed E-state index contributed by atoms with van der Waals surface area (Å²) in [4.78, 5) is 23.7. The first kappa shape index (κ1) is 71.0. The minimum Gasteiger partial charge on any atom is -0.466 e. The lowest BCUT2D eigenvalue weighted by molar-refractivity contribution is -0.144. The van der Waals surface area contributed by atoms with Crippen molar-refractivity contribution in [1.82, 2.24) is 0 Å². The molecule has 0 fully saturated rings. The minimum absolute atomic E-state index is 0.0257. The van der Waals surface area contributed by atoms with Crippen LogP contribution in [0.2, 0.25) is 0 Å². The molecule has 0 aliphatic carbocycles. The molecule has 0 heterocycles. The largest absolute Gasteiger partial charge is 0.466 e. The zero-order chi connectivity index (χ0) is 51.0. The van der Waals surface area contributed by atoms with E-state index in [1.165, 1.54) is 334 Å². The topological polar surface area (TPSA) is 52.6 Å². The van der Waals surface area contributed by atoms with E-state index in [4.69, 9.17) is 9.47 Å². The van der Waals surface area contributed by atoms with Crippen LogP contribution in [0.1, 0.15) is 400 Å². The molecule has 0 N–H and O–H groups in total. The van der Waals surface area contributed by atoms with Crippen molar-refractivity contribution < 1.29 is 19.1 Å². The average molecular weight is 990 g/mol. The number of ether oxygens (including phenoxy) is 2. The zero-order valence-corrected chi connectivity index (χ0v) is 49.1. The Morgan fingerprint density at radius 2 is 0.314 bits per heavy atom. The van der Waals surface area contributed by atoms with E-state index in [-0.39, 0.29) is 11.9 Å². The van der Waals surface area contributed by atoms with Crippen LogP contribution in [0.5, 0.6) is 0 Å². The summed E-state index contributed by atoms with van der Waals surface area (Å²) in [7, 11) is 0. The number of carbonyl (C=O) groups is 2. The molecule has 4 nitrogen and oxygen atoms in total. The Labute approximate surface area is 442 Å². The van der Waals surface area contributed by atoms with Crippen LogP contribution in [0.15, 0.2) is 0 Å². The summed E-state index contributed by atoms with van der Waals surface area (Å²) in [5, 5.41) is 0. The summed E-state index contributed by atoms with van der Waals surface area (Å²) >= 11 is 0. The molecule has 0 rings (SSSR count). The van der Waals surface area contributed by atoms with Gasteiger partial charge in [0.25, 0.3) is 0 Å². The van der Waals surface area contributed by atoms with E-state index in [0.717, 1.165) is 25.7 Å². The van der Waals surface area contributed by atoms with E-state index in [1.807, 2.05) is 0 Å². The van der Waals surface area contributed by atoms with Crippen LogP contribution in [0.4, 0.5) is 0 Å². The Bertz CT molecular complexity index is 933. The molecular weight excluding hydrogens is 857 g/mol. The maximum absolute atomic E-state index is 11.9. The average Bonchev–Trinajstić information content (AvgIpc) is 3.36. The zero-order valence-electron chi connectivity index (χ0n) is 49.1. The predicted molar refractivity (Wildman–Crippen MR) is 312 cm³/mol. The van der Waals surface area contributed by atoms with Crippen molar-refractivity contribution in [3.05, 3.63) is 0 Å². The molecule has 0 saturated heterocycles. The summed E-state index contributed by atoms with van der Waals surface area (Å²) in [5.74, 6) is 0.0526. The third-order valence-corrected chi connectivity index (χ3v) is 15.0. The maximum Gasteiger partial charge on any atom is 0.305 e. The Kier molecular flexibility index (Phi) is 68.9. The quantitative estimate of drug-likeness (QED) is 0.0450. The van der Waals surface area contributed by atoms with E-state index >= 15 is 0 Å². The molecule has 0 saturated carbocycles. The molecule has 0 aromatic heterocycles. The van der Waals surface area contributed by atoms with Crippen LogP contribution < -0.4 is 0 Å². The molecule has 0 aliphatic rings. The number of hydrogen-bond acceptors (Lipinski definition) is 4. The molecule has 0 radical (unpaired) electrons. The van der Waals surface area contributed by atoms with Crippen LogP contribution in [-0.4, -0.2) is 25.2 Å². The van der Waals surface area contributed by atoms with Crippen molar-refractivity contribution >= 4 is 11.9 Å². The number of rotatable bonds is 60. The first-order valence-electron chi connectivity index (χ1n) is 32.9. The first-order valence-corrected chi connectivity index (χ1v) is 32.9.